The molecule has 0 aliphatic rings. The van der Waals surface area contributed by atoms with E-state index in [4.69, 9.17) is 9.84 Å². The lowest BCUT2D eigenvalue weighted by molar-refractivity contribution is 0.0689. The molecule has 0 bridgehead atoms. The van der Waals surface area contributed by atoms with Crippen molar-refractivity contribution in [3.8, 4) is 11.6 Å². The van der Waals surface area contributed by atoms with Gasteiger partial charge in [-0.25, -0.2) is 14.2 Å². The molecule has 92 valence electrons. The zero-order valence-corrected chi connectivity index (χ0v) is 10.4. The molecule has 2 rings (SSSR count). The Balaban J connectivity index is 2.28. The summed E-state index contributed by atoms with van der Waals surface area (Å²) < 4.78 is 19.2. The van der Waals surface area contributed by atoms with Crippen molar-refractivity contribution in [1.29, 1.82) is 0 Å². The minimum absolute atomic E-state index is 0.0601. The lowest BCUT2D eigenvalue weighted by Gasteiger charge is -2.05. The lowest BCUT2D eigenvalue weighted by atomic mass is 10.3. The largest absolute Gasteiger partial charge is 0.476 e. The molecule has 0 unspecified atom stereocenters. The van der Waals surface area contributed by atoms with Gasteiger partial charge in [-0.3, -0.25) is 4.98 Å². The summed E-state index contributed by atoms with van der Waals surface area (Å²) in [4.78, 5) is 18.0. The van der Waals surface area contributed by atoms with Crippen LogP contribution in [0.25, 0.3) is 0 Å². The number of carboxylic acids is 1. The number of ether oxygens (including phenoxy) is 1. The van der Waals surface area contributed by atoms with Crippen LogP contribution < -0.4 is 4.74 Å². The number of hydrogen-bond donors (Lipinski definition) is 1. The van der Waals surface area contributed by atoms with Crippen LogP contribution in [0.4, 0.5) is 4.39 Å². The van der Waals surface area contributed by atoms with Crippen LogP contribution >= 0.6 is 15.9 Å². The molecule has 1 aromatic heterocycles. The summed E-state index contributed by atoms with van der Waals surface area (Å²) in [6, 6.07) is 4.21. The van der Waals surface area contributed by atoms with Crippen molar-refractivity contribution in [3.63, 3.8) is 0 Å². The van der Waals surface area contributed by atoms with E-state index in [-0.39, 0.29) is 17.3 Å². The van der Waals surface area contributed by atoms with Gasteiger partial charge >= 0.3 is 5.97 Å². The Morgan fingerprint density at radius 2 is 2.17 bits per heavy atom. The third-order valence-corrected chi connectivity index (χ3v) is 2.43. The van der Waals surface area contributed by atoms with Crippen molar-refractivity contribution in [2.24, 2.45) is 0 Å². The molecule has 0 atom stereocenters. The number of hydrogen-bond acceptors (Lipinski definition) is 4. The topological polar surface area (TPSA) is 72.3 Å². The first kappa shape index (κ1) is 12.4. The molecule has 18 heavy (non-hydrogen) atoms. The molecular weight excluding hydrogens is 307 g/mol. The highest BCUT2D eigenvalue weighted by Crippen LogP contribution is 2.25. The molecule has 1 heterocycles. The number of carbonyl (C=O) groups is 1. The van der Waals surface area contributed by atoms with Crippen molar-refractivity contribution >= 4 is 21.9 Å². The number of rotatable bonds is 3. The Hall–Kier alpha value is -2.02. The van der Waals surface area contributed by atoms with Crippen LogP contribution in [-0.4, -0.2) is 21.0 Å². The minimum Gasteiger partial charge on any atom is -0.476 e. The summed E-state index contributed by atoms with van der Waals surface area (Å²) in [5.41, 5.74) is -0.273. The van der Waals surface area contributed by atoms with Gasteiger partial charge in [-0.05, 0) is 18.2 Å². The van der Waals surface area contributed by atoms with Crippen LogP contribution in [-0.2, 0) is 0 Å². The van der Waals surface area contributed by atoms with E-state index < -0.39 is 11.8 Å². The fourth-order valence-electron chi connectivity index (χ4n) is 1.17. The standard InChI is InChI=1S/C11H6BrFN2O3/c12-6-1-2-9(7(13)3-6)18-10-5-14-4-8(15-10)11(16)17/h1-5H,(H,16,17). The molecule has 0 aliphatic heterocycles. The average Bonchev–Trinajstić information content (AvgIpc) is 2.33. The zero-order valence-electron chi connectivity index (χ0n) is 8.80. The molecule has 1 N–H and O–H groups in total. The van der Waals surface area contributed by atoms with Gasteiger partial charge in [0, 0.05) is 4.47 Å². The van der Waals surface area contributed by atoms with E-state index in [2.05, 4.69) is 25.9 Å². The molecule has 0 saturated carbocycles. The van der Waals surface area contributed by atoms with Crippen molar-refractivity contribution < 1.29 is 19.0 Å². The van der Waals surface area contributed by atoms with E-state index >= 15 is 0 Å². The fraction of sp³-hybridized carbons (Fsp3) is 0. The first-order valence-electron chi connectivity index (χ1n) is 4.74. The smallest absolute Gasteiger partial charge is 0.356 e. The highest BCUT2D eigenvalue weighted by Gasteiger charge is 2.10. The highest BCUT2D eigenvalue weighted by molar-refractivity contribution is 9.10. The first-order chi connectivity index (χ1) is 8.56. The van der Waals surface area contributed by atoms with Crippen LogP contribution in [0.15, 0.2) is 35.1 Å². The lowest BCUT2D eigenvalue weighted by Crippen LogP contribution is -2.02. The summed E-state index contributed by atoms with van der Waals surface area (Å²) >= 11 is 3.11. The molecule has 7 heteroatoms. The van der Waals surface area contributed by atoms with Crippen LogP contribution in [0.3, 0.4) is 0 Å². The maximum Gasteiger partial charge on any atom is 0.356 e. The van der Waals surface area contributed by atoms with E-state index in [9.17, 15) is 9.18 Å². The Morgan fingerprint density at radius 3 is 2.83 bits per heavy atom. The number of aromatic carboxylic acids is 1. The van der Waals surface area contributed by atoms with E-state index in [1.807, 2.05) is 0 Å². The third kappa shape index (κ3) is 2.80. The summed E-state index contributed by atoms with van der Waals surface area (Å²) in [5, 5.41) is 8.73. The molecule has 1 aromatic carbocycles. The Labute approximate surface area is 109 Å². The van der Waals surface area contributed by atoms with Gasteiger partial charge in [0.25, 0.3) is 0 Å². The summed E-state index contributed by atoms with van der Waals surface area (Å²) in [7, 11) is 0. The van der Waals surface area contributed by atoms with Crippen LogP contribution in [0.5, 0.6) is 11.6 Å². The number of halogens is 2. The van der Waals surface area contributed by atoms with E-state index in [0.29, 0.717) is 4.47 Å². The second kappa shape index (κ2) is 5.09. The molecule has 0 fully saturated rings. The fourth-order valence-corrected chi connectivity index (χ4v) is 1.50. The maximum absolute atomic E-state index is 13.5. The number of carboxylic acid groups (broad SMARTS) is 1. The Morgan fingerprint density at radius 1 is 1.39 bits per heavy atom. The first-order valence-corrected chi connectivity index (χ1v) is 5.54. The van der Waals surface area contributed by atoms with Gasteiger partial charge in [0.05, 0.1) is 12.4 Å². The Bertz CT molecular complexity index is 607. The van der Waals surface area contributed by atoms with Crippen molar-refractivity contribution in [1.82, 2.24) is 9.97 Å². The second-order valence-electron chi connectivity index (χ2n) is 3.22. The van der Waals surface area contributed by atoms with Gasteiger partial charge in [0.15, 0.2) is 17.3 Å². The predicted octanol–water partition coefficient (Wildman–Crippen LogP) is 2.87. The van der Waals surface area contributed by atoms with E-state index in [1.165, 1.54) is 18.3 Å². The molecule has 5 nitrogen and oxygen atoms in total. The highest BCUT2D eigenvalue weighted by atomic mass is 79.9. The molecule has 0 aliphatic carbocycles. The molecule has 0 radical (unpaired) electrons. The monoisotopic (exact) mass is 312 g/mol. The molecule has 0 saturated heterocycles. The van der Waals surface area contributed by atoms with E-state index in [1.54, 1.807) is 6.07 Å². The number of nitrogens with zero attached hydrogens (tertiary/aromatic N) is 2. The normalized spacial score (nSPS) is 10.1. The van der Waals surface area contributed by atoms with Gasteiger partial charge in [-0.1, -0.05) is 15.9 Å². The van der Waals surface area contributed by atoms with Crippen LogP contribution in [0, 0.1) is 5.82 Å². The van der Waals surface area contributed by atoms with Gasteiger partial charge in [0.1, 0.15) is 0 Å². The Kier molecular flexibility index (Phi) is 3.52. The zero-order chi connectivity index (χ0) is 13.1. The van der Waals surface area contributed by atoms with Gasteiger partial charge in [0.2, 0.25) is 5.88 Å². The van der Waals surface area contributed by atoms with Gasteiger partial charge in [-0.15, -0.1) is 0 Å². The SMILES string of the molecule is O=C(O)c1cncc(Oc2ccc(Br)cc2F)n1. The summed E-state index contributed by atoms with van der Waals surface area (Å²) in [6.45, 7) is 0. The molecule has 0 amide bonds. The number of aromatic nitrogens is 2. The average molecular weight is 313 g/mol. The van der Waals surface area contributed by atoms with Crippen molar-refractivity contribution in [2.75, 3.05) is 0 Å². The quantitative estimate of drug-likeness (QED) is 0.943. The predicted molar refractivity (Wildman–Crippen MR) is 63.2 cm³/mol. The van der Waals surface area contributed by atoms with Crippen molar-refractivity contribution in [3.05, 3.63) is 46.6 Å². The van der Waals surface area contributed by atoms with Crippen LogP contribution in [0.1, 0.15) is 10.5 Å². The minimum atomic E-state index is -1.23. The van der Waals surface area contributed by atoms with Gasteiger partial charge in [-0.2, -0.15) is 0 Å². The van der Waals surface area contributed by atoms with Gasteiger partial charge < -0.3 is 9.84 Å². The third-order valence-electron chi connectivity index (χ3n) is 1.94. The van der Waals surface area contributed by atoms with Crippen LogP contribution in [0.2, 0.25) is 0 Å². The number of benzene rings is 1. The van der Waals surface area contributed by atoms with Crippen molar-refractivity contribution in [2.45, 2.75) is 0 Å². The summed E-state index contributed by atoms with van der Waals surface area (Å²) in [5.74, 6) is -1.97. The second-order valence-corrected chi connectivity index (χ2v) is 4.14. The molecule has 2 aromatic rings. The maximum atomic E-state index is 13.5. The summed E-state index contributed by atoms with van der Waals surface area (Å²) in [6.07, 6.45) is 2.28. The molecular formula is C11H6BrFN2O3. The molecule has 0 spiro atoms. The van der Waals surface area contributed by atoms with E-state index in [0.717, 1.165) is 6.20 Å².